The van der Waals surface area contributed by atoms with E-state index in [0.717, 1.165) is 11.1 Å². The Kier molecular flexibility index (Phi) is 7.46. The van der Waals surface area contributed by atoms with Crippen LogP contribution in [0.5, 0.6) is 0 Å². The number of alkyl carbamates (subject to hydrolysis) is 1. The first kappa shape index (κ1) is 21.8. The summed E-state index contributed by atoms with van der Waals surface area (Å²) in [6, 6.07) is 6.84. The molecule has 0 heterocycles. The second-order valence-electron chi connectivity index (χ2n) is 8.12. The molecular weight excluding hydrogens is 346 g/mol. The SMILES string of the molecule is COC(=O)[C@H](Cc1ccc(C#C[Si](C)(C)C)cc1)NC(=O)OC(C)(C)C. The van der Waals surface area contributed by atoms with Crippen LogP contribution in [0.25, 0.3) is 0 Å². The molecule has 0 saturated carbocycles. The molecule has 0 bridgehead atoms. The van der Waals surface area contributed by atoms with Crippen LogP contribution in [-0.4, -0.2) is 38.9 Å². The molecule has 0 aliphatic carbocycles. The number of methoxy groups -OCH3 is 1. The van der Waals surface area contributed by atoms with Gasteiger partial charge in [0.15, 0.2) is 0 Å². The third-order valence-electron chi connectivity index (χ3n) is 3.15. The van der Waals surface area contributed by atoms with E-state index in [4.69, 9.17) is 9.47 Å². The van der Waals surface area contributed by atoms with Crippen molar-refractivity contribution in [3.8, 4) is 11.5 Å². The van der Waals surface area contributed by atoms with Crippen LogP contribution in [-0.2, 0) is 20.7 Å². The van der Waals surface area contributed by atoms with Crippen molar-refractivity contribution in [1.29, 1.82) is 0 Å². The molecule has 0 aliphatic heterocycles. The molecule has 26 heavy (non-hydrogen) atoms. The van der Waals surface area contributed by atoms with Gasteiger partial charge in [0, 0.05) is 12.0 Å². The van der Waals surface area contributed by atoms with Gasteiger partial charge in [0.05, 0.1) is 7.11 Å². The zero-order chi connectivity index (χ0) is 20.0. The number of benzene rings is 1. The van der Waals surface area contributed by atoms with Crippen LogP contribution >= 0.6 is 0 Å². The van der Waals surface area contributed by atoms with Crippen LogP contribution in [0.2, 0.25) is 19.6 Å². The first-order valence-electron chi connectivity index (χ1n) is 8.59. The monoisotopic (exact) mass is 375 g/mol. The lowest BCUT2D eigenvalue weighted by molar-refractivity contribution is -0.143. The van der Waals surface area contributed by atoms with E-state index in [1.807, 2.05) is 24.3 Å². The molecule has 1 atom stereocenters. The molecule has 1 aromatic rings. The Balaban J connectivity index is 2.83. The van der Waals surface area contributed by atoms with E-state index in [2.05, 4.69) is 36.4 Å². The summed E-state index contributed by atoms with van der Waals surface area (Å²) in [5.74, 6) is 2.67. The number of hydrogen-bond donors (Lipinski definition) is 1. The third-order valence-corrected chi connectivity index (χ3v) is 4.03. The van der Waals surface area contributed by atoms with Gasteiger partial charge in [0.2, 0.25) is 0 Å². The van der Waals surface area contributed by atoms with Crippen molar-refractivity contribution in [3.05, 3.63) is 35.4 Å². The minimum atomic E-state index is -1.42. The summed E-state index contributed by atoms with van der Waals surface area (Å²) in [7, 11) is -0.129. The molecule has 0 unspecified atom stereocenters. The minimum absolute atomic E-state index is 0.313. The smallest absolute Gasteiger partial charge is 0.408 e. The van der Waals surface area contributed by atoms with E-state index in [-0.39, 0.29) is 0 Å². The average Bonchev–Trinajstić information content (AvgIpc) is 2.50. The quantitative estimate of drug-likeness (QED) is 0.497. The summed E-state index contributed by atoms with van der Waals surface area (Å²) < 4.78 is 10.00. The van der Waals surface area contributed by atoms with Gasteiger partial charge in [0.25, 0.3) is 0 Å². The highest BCUT2D eigenvalue weighted by Crippen LogP contribution is 2.10. The van der Waals surface area contributed by atoms with E-state index in [1.54, 1.807) is 20.8 Å². The lowest BCUT2D eigenvalue weighted by atomic mass is 10.0. The highest BCUT2D eigenvalue weighted by Gasteiger charge is 2.25. The highest BCUT2D eigenvalue weighted by molar-refractivity contribution is 6.83. The van der Waals surface area contributed by atoms with Crippen LogP contribution in [0, 0.1) is 11.5 Å². The van der Waals surface area contributed by atoms with Crippen LogP contribution < -0.4 is 5.32 Å². The predicted molar refractivity (Wildman–Crippen MR) is 106 cm³/mol. The van der Waals surface area contributed by atoms with Crippen molar-refractivity contribution in [3.63, 3.8) is 0 Å². The van der Waals surface area contributed by atoms with Gasteiger partial charge < -0.3 is 14.8 Å². The number of esters is 1. The van der Waals surface area contributed by atoms with Crippen molar-refractivity contribution >= 4 is 20.1 Å². The van der Waals surface area contributed by atoms with Crippen LogP contribution in [0.4, 0.5) is 4.79 Å². The van der Waals surface area contributed by atoms with Gasteiger partial charge in [0.1, 0.15) is 19.7 Å². The second-order valence-corrected chi connectivity index (χ2v) is 12.9. The molecule has 0 aromatic heterocycles. The average molecular weight is 376 g/mol. The Morgan fingerprint density at radius 3 is 2.19 bits per heavy atom. The van der Waals surface area contributed by atoms with E-state index in [0.29, 0.717) is 6.42 Å². The molecule has 0 aliphatic rings. The molecule has 6 heteroatoms. The minimum Gasteiger partial charge on any atom is -0.467 e. The van der Waals surface area contributed by atoms with Crippen molar-refractivity contribution in [2.24, 2.45) is 0 Å². The predicted octanol–water partition coefficient (Wildman–Crippen LogP) is 3.52. The Morgan fingerprint density at radius 1 is 1.15 bits per heavy atom. The zero-order valence-corrected chi connectivity index (χ0v) is 17.7. The van der Waals surface area contributed by atoms with E-state index < -0.39 is 31.8 Å². The number of rotatable bonds is 4. The van der Waals surface area contributed by atoms with Gasteiger partial charge >= 0.3 is 12.1 Å². The zero-order valence-electron chi connectivity index (χ0n) is 16.7. The summed E-state index contributed by atoms with van der Waals surface area (Å²) >= 11 is 0. The fourth-order valence-corrected chi connectivity index (χ4v) is 2.52. The first-order chi connectivity index (χ1) is 11.9. The van der Waals surface area contributed by atoms with E-state index in [1.165, 1.54) is 7.11 Å². The molecule has 142 valence electrons. The molecule has 1 N–H and O–H groups in total. The molecule has 0 saturated heterocycles. The number of carbonyl (C=O) groups excluding carboxylic acids is 2. The number of amides is 1. The Bertz CT molecular complexity index is 688. The maximum atomic E-state index is 12.0. The molecule has 0 radical (unpaired) electrons. The van der Waals surface area contributed by atoms with Gasteiger partial charge in [-0.2, -0.15) is 0 Å². The van der Waals surface area contributed by atoms with Crippen LogP contribution in [0.1, 0.15) is 31.9 Å². The summed E-state index contributed by atoms with van der Waals surface area (Å²) in [6.07, 6.45) is -0.335. The van der Waals surface area contributed by atoms with Gasteiger partial charge in [-0.05, 0) is 38.5 Å². The fraction of sp³-hybridized carbons (Fsp3) is 0.500. The molecule has 1 aromatic carbocycles. The van der Waals surface area contributed by atoms with Gasteiger partial charge in [-0.25, -0.2) is 9.59 Å². The van der Waals surface area contributed by atoms with E-state index in [9.17, 15) is 9.59 Å². The first-order valence-corrected chi connectivity index (χ1v) is 12.1. The lowest BCUT2D eigenvalue weighted by Gasteiger charge is -2.22. The Labute approximate surface area is 157 Å². The van der Waals surface area contributed by atoms with Crippen molar-refractivity contribution in [2.45, 2.75) is 58.5 Å². The fourth-order valence-electron chi connectivity index (χ4n) is 2.00. The maximum absolute atomic E-state index is 12.0. The number of nitrogens with one attached hydrogen (secondary N) is 1. The summed E-state index contributed by atoms with van der Waals surface area (Å²) in [4.78, 5) is 23.9. The molecule has 1 amide bonds. The summed E-state index contributed by atoms with van der Waals surface area (Å²) in [5, 5.41) is 2.57. The summed E-state index contributed by atoms with van der Waals surface area (Å²) in [6.45, 7) is 11.9. The number of ether oxygens (including phenoxy) is 2. The van der Waals surface area contributed by atoms with Gasteiger partial charge in [-0.1, -0.05) is 37.7 Å². The second kappa shape index (κ2) is 8.90. The highest BCUT2D eigenvalue weighted by atomic mass is 28.3. The Morgan fingerprint density at radius 2 is 1.73 bits per heavy atom. The lowest BCUT2D eigenvalue weighted by Crippen LogP contribution is -2.45. The topological polar surface area (TPSA) is 64.6 Å². The normalized spacial score (nSPS) is 12.4. The van der Waals surface area contributed by atoms with Crippen LogP contribution in [0.3, 0.4) is 0 Å². The third kappa shape index (κ3) is 8.72. The molecular formula is C20H29NO4Si. The van der Waals surface area contributed by atoms with Gasteiger partial charge in [-0.3, -0.25) is 0 Å². The standard InChI is InChI=1S/C20H29NO4Si/c1-20(2,3)25-19(23)21-17(18(22)24-4)14-16-10-8-15(9-11-16)12-13-26(5,6)7/h8-11,17H,14H2,1-7H3,(H,21,23)/t17-/m0/s1. The molecule has 0 spiro atoms. The maximum Gasteiger partial charge on any atom is 0.408 e. The van der Waals surface area contributed by atoms with Crippen molar-refractivity contribution in [2.75, 3.05) is 7.11 Å². The molecule has 0 fully saturated rings. The Hall–Kier alpha value is -2.26. The van der Waals surface area contributed by atoms with Crippen molar-refractivity contribution < 1.29 is 19.1 Å². The van der Waals surface area contributed by atoms with E-state index >= 15 is 0 Å². The van der Waals surface area contributed by atoms with Gasteiger partial charge in [-0.15, -0.1) is 5.54 Å². The summed E-state index contributed by atoms with van der Waals surface area (Å²) in [5.41, 5.74) is 4.51. The largest absolute Gasteiger partial charge is 0.467 e. The number of carbonyl (C=O) groups is 2. The molecule has 1 rings (SSSR count). The van der Waals surface area contributed by atoms with Crippen molar-refractivity contribution in [1.82, 2.24) is 5.32 Å². The van der Waals surface area contributed by atoms with Crippen LogP contribution in [0.15, 0.2) is 24.3 Å². The number of hydrogen-bond acceptors (Lipinski definition) is 4. The molecule has 5 nitrogen and oxygen atoms in total.